The summed E-state index contributed by atoms with van der Waals surface area (Å²) in [7, 11) is -7.14. The van der Waals surface area contributed by atoms with Crippen LogP contribution in [0.1, 0.15) is 25.7 Å². The summed E-state index contributed by atoms with van der Waals surface area (Å²) in [4.78, 5) is 36.6. The molecule has 0 aromatic carbocycles. The molecule has 0 radical (unpaired) electrons. The van der Waals surface area contributed by atoms with Gasteiger partial charge in [-0.15, -0.1) is 0 Å². The molecule has 6 N–H and O–H groups in total. The van der Waals surface area contributed by atoms with Crippen LogP contribution < -0.4 is 17.7 Å². The van der Waals surface area contributed by atoms with E-state index in [1.54, 1.807) is 14.1 Å². The minimum absolute atomic E-state index is 0. The number of hydrogen-bond donors (Lipinski definition) is 6. The van der Waals surface area contributed by atoms with E-state index in [9.17, 15) is 14.2 Å². The number of hydrogen-bond acceptors (Lipinski definition) is 4. The smallest absolute Gasteiger partial charge is 0.369 e. The molecular formula is C11H27ClN2O7P2. The molecule has 1 heterocycles. The summed E-state index contributed by atoms with van der Waals surface area (Å²) in [5.74, 6) is 0. The minimum Gasteiger partial charge on any atom is -1.00 e. The molecule has 0 spiro atoms. The number of aliphatic hydroxyl groups is 1. The van der Waals surface area contributed by atoms with Gasteiger partial charge in [-0.1, -0.05) is 6.42 Å². The van der Waals surface area contributed by atoms with Crippen molar-refractivity contribution in [3.8, 4) is 0 Å². The molecule has 0 aromatic rings. The van der Waals surface area contributed by atoms with Gasteiger partial charge in [0.15, 0.2) is 0 Å². The third-order valence-electron chi connectivity index (χ3n) is 4.11. The Labute approximate surface area is 142 Å². The van der Waals surface area contributed by atoms with Crippen molar-refractivity contribution in [3.63, 3.8) is 0 Å². The summed E-state index contributed by atoms with van der Waals surface area (Å²) in [6, 6.07) is 0.252. The summed E-state index contributed by atoms with van der Waals surface area (Å²) in [5.41, 5.74) is 0. The highest BCUT2D eigenvalue weighted by molar-refractivity contribution is 7.72. The summed E-state index contributed by atoms with van der Waals surface area (Å²) < 4.78 is 23.0. The highest BCUT2D eigenvalue weighted by Gasteiger charge is 2.59. The highest BCUT2D eigenvalue weighted by atomic mass is 35.5. The van der Waals surface area contributed by atoms with Crippen LogP contribution >= 0.6 is 15.2 Å². The van der Waals surface area contributed by atoms with Gasteiger partial charge in [-0.2, -0.15) is 0 Å². The van der Waals surface area contributed by atoms with E-state index in [0.29, 0.717) is 11.0 Å². The van der Waals surface area contributed by atoms with E-state index in [4.69, 9.17) is 19.6 Å². The van der Waals surface area contributed by atoms with E-state index >= 15 is 0 Å². The Morgan fingerprint density at radius 1 is 1.13 bits per heavy atom. The Hall–Kier alpha value is 0.470. The molecule has 1 aliphatic rings. The standard InChI is InChI=1S/C11H26N2O7P2.ClH/c1-13(2,9-10-5-3-4-7-12-10)8-6-11(14,21(15,16)17)22(18,19)20;/h10,12,14H,3-9H2,1-2H3,(H3-,15,16,17,18,19,20);1H. The number of nitrogens with zero attached hydrogens (tertiary/aromatic N) is 1. The number of quaternary nitrogens is 1. The fraction of sp³-hybridized carbons (Fsp3) is 1.00. The maximum Gasteiger partial charge on any atom is 0.369 e. The van der Waals surface area contributed by atoms with Crippen LogP contribution in [0.5, 0.6) is 0 Å². The van der Waals surface area contributed by atoms with Crippen LogP contribution in [0.2, 0.25) is 0 Å². The first-order valence-corrected chi connectivity index (χ1v) is 10.4. The molecule has 9 nitrogen and oxygen atoms in total. The highest BCUT2D eigenvalue weighted by Crippen LogP contribution is 2.68. The molecule has 140 valence electrons. The maximum atomic E-state index is 11.3. The topological polar surface area (TPSA) is 147 Å². The predicted molar refractivity (Wildman–Crippen MR) is 81.1 cm³/mol. The van der Waals surface area contributed by atoms with E-state index in [1.165, 1.54) is 0 Å². The number of piperidine rings is 1. The monoisotopic (exact) mass is 396 g/mol. The van der Waals surface area contributed by atoms with Gasteiger partial charge in [0, 0.05) is 6.42 Å². The van der Waals surface area contributed by atoms with Crippen molar-refractivity contribution in [2.45, 2.75) is 36.8 Å². The molecule has 1 rings (SSSR count). The van der Waals surface area contributed by atoms with Gasteiger partial charge in [-0.25, -0.2) is 0 Å². The molecule has 1 aliphatic heterocycles. The third kappa shape index (κ3) is 6.36. The Morgan fingerprint density at radius 2 is 1.65 bits per heavy atom. The Kier molecular flexibility index (Phi) is 8.40. The molecule has 1 unspecified atom stereocenters. The van der Waals surface area contributed by atoms with Crippen LogP contribution in [0, 0.1) is 0 Å². The van der Waals surface area contributed by atoms with Crippen molar-refractivity contribution in [1.29, 1.82) is 0 Å². The van der Waals surface area contributed by atoms with Gasteiger partial charge in [0.1, 0.15) is 0 Å². The van der Waals surface area contributed by atoms with Gasteiger partial charge in [-0.3, -0.25) is 9.13 Å². The van der Waals surface area contributed by atoms with E-state index in [2.05, 4.69) is 5.32 Å². The van der Waals surface area contributed by atoms with Crippen LogP contribution in [0.3, 0.4) is 0 Å². The molecule has 0 amide bonds. The zero-order valence-corrected chi connectivity index (χ0v) is 15.8. The second-order valence-corrected chi connectivity index (χ2v) is 10.6. The molecule has 0 bridgehead atoms. The molecular weight excluding hydrogens is 370 g/mol. The number of rotatable bonds is 7. The van der Waals surface area contributed by atoms with E-state index in [0.717, 1.165) is 25.8 Å². The zero-order valence-electron chi connectivity index (χ0n) is 13.3. The molecule has 0 saturated carbocycles. The number of halogens is 1. The van der Waals surface area contributed by atoms with Crippen molar-refractivity contribution < 1.29 is 50.7 Å². The van der Waals surface area contributed by atoms with Crippen LogP contribution in [-0.2, 0) is 9.13 Å². The molecule has 0 aliphatic carbocycles. The van der Waals surface area contributed by atoms with Gasteiger partial charge in [0.2, 0.25) is 0 Å². The summed E-state index contributed by atoms with van der Waals surface area (Å²) in [5, 5.41) is 9.93. The fourth-order valence-electron chi connectivity index (χ4n) is 2.68. The molecule has 12 heteroatoms. The minimum atomic E-state index is -5.37. The molecule has 1 atom stereocenters. The Bertz CT molecular complexity index is 451. The normalized spacial score (nSPS) is 20.9. The lowest BCUT2D eigenvalue weighted by Crippen LogP contribution is -3.00. The van der Waals surface area contributed by atoms with E-state index < -0.39 is 26.7 Å². The second-order valence-electron chi connectivity index (χ2n) is 6.60. The van der Waals surface area contributed by atoms with Crippen molar-refractivity contribution in [1.82, 2.24) is 5.32 Å². The first kappa shape index (κ1) is 23.5. The van der Waals surface area contributed by atoms with Gasteiger partial charge in [0.05, 0.1) is 33.2 Å². The molecule has 23 heavy (non-hydrogen) atoms. The van der Waals surface area contributed by atoms with Gasteiger partial charge in [-0.05, 0) is 19.4 Å². The Morgan fingerprint density at radius 3 is 2.04 bits per heavy atom. The quantitative estimate of drug-likeness (QED) is 0.193. The lowest BCUT2D eigenvalue weighted by atomic mass is 10.0. The number of nitrogens with one attached hydrogen (secondary N) is 1. The van der Waals surface area contributed by atoms with Crippen LogP contribution in [0.15, 0.2) is 0 Å². The SMILES string of the molecule is C[N+](C)(CCC(O)(P(=O)(O)O)P(=O)(O)O)CC1CCCCN1.[Cl-]. The van der Waals surface area contributed by atoms with Crippen molar-refractivity contribution >= 4 is 15.2 Å². The van der Waals surface area contributed by atoms with Crippen LogP contribution in [0.4, 0.5) is 0 Å². The van der Waals surface area contributed by atoms with Gasteiger partial charge in [0.25, 0.3) is 5.08 Å². The zero-order chi connectivity index (χ0) is 17.2. The summed E-state index contributed by atoms with van der Waals surface area (Å²) in [6.45, 7) is 1.60. The summed E-state index contributed by atoms with van der Waals surface area (Å²) >= 11 is 0. The van der Waals surface area contributed by atoms with Crippen molar-refractivity contribution in [2.75, 3.05) is 33.7 Å². The maximum absolute atomic E-state index is 11.3. The fourth-order valence-corrected chi connectivity index (χ4v) is 4.82. The lowest BCUT2D eigenvalue weighted by molar-refractivity contribution is -0.892. The van der Waals surface area contributed by atoms with Crippen molar-refractivity contribution in [3.05, 3.63) is 0 Å². The Balaban J connectivity index is 0.00000484. The van der Waals surface area contributed by atoms with Gasteiger partial charge < -0.3 is 46.9 Å². The molecule has 1 saturated heterocycles. The largest absolute Gasteiger partial charge is 1.00 e. The first-order valence-electron chi connectivity index (χ1n) is 7.18. The second kappa shape index (κ2) is 8.23. The van der Waals surface area contributed by atoms with E-state index in [1.807, 2.05) is 0 Å². The van der Waals surface area contributed by atoms with Crippen LogP contribution in [0.25, 0.3) is 0 Å². The average molecular weight is 397 g/mol. The van der Waals surface area contributed by atoms with Gasteiger partial charge >= 0.3 is 15.2 Å². The molecule has 0 aromatic heterocycles. The molecule has 1 fully saturated rings. The van der Waals surface area contributed by atoms with Crippen LogP contribution in [-0.4, -0.2) is 74.0 Å². The predicted octanol–water partition coefficient (Wildman–Crippen LogP) is -3.40. The third-order valence-corrected chi connectivity index (χ3v) is 7.99. The lowest BCUT2D eigenvalue weighted by Gasteiger charge is -2.38. The average Bonchev–Trinajstić information content (AvgIpc) is 2.34. The number of likely N-dealkylation sites (N-methyl/N-ethyl adjacent to an activating group) is 1. The van der Waals surface area contributed by atoms with E-state index in [-0.39, 0.29) is 25.0 Å². The van der Waals surface area contributed by atoms with Crippen molar-refractivity contribution in [2.24, 2.45) is 0 Å². The summed E-state index contributed by atoms with van der Waals surface area (Å²) in [6.07, 6.45) is 2.52. The first-order chi connectivity index (χ1) is 9.79.